The average Bonchev–Trinajstić information content (AvgIpc) is 2.29. The predicted octanol–water partition coefficient (Wildman–Crippen LogP) is 3.77. The first-order chi connectivity index (χ1) is 8.16. The molecule has 0 spiro atoms. The molecule has 0 aliphatic carbocycles. The summed E-state index contributed by atoms with van der Waals surface area (Å²) in [5, 5.41) is 0.621. The number of halogens is 1. The Bertz CT molecular complexity index is 557. The van der Waals surface area contributed by atoms with Crippen molar-refractivity contribution in [1.29, 1.82) is 0 Å². The minimum Gasteiger partial charge on any atom is -0.457 e. The second-order valence-corrected chi connectivity index (χ2v) is 4.30. The lowest BCUT2D eigenvalue weighted by atomic mass is 10.2. The standard InChI is InChI=1S/C13H10ClNOS/c14-9-4-3-5-10(8-9)16-12-7-2-1-6-11(12)13(15)17/h1-8H,(H2,15,17). The molecule has 0 fully saturated rings. The Hall–Kier alpha value is -1.58. The van der Waals surface area contributed by atoms with Crippen molar-refractivity contribution in [3.8, 4) is 11.5 Å². The molecule has 2 N–H and O–H groups in total. The van der Waals surface area contributed by atoms with Gasteiger partial charge in [0.15, 0.2) is 0 Å². The largest absolute Gasteiger partial charge is 0.457 e. The van der Waals surface area contributed by atoms with E-state index in [2.05, 4.69) is 0 Å². The van der Waals surface area contributed by atoms with Gasteiger partial charge in [-0.15, -0.1) is 0 Å². The molecule has 2 nitrogen and oxygen atoms in total. The van der Waals surface area contributed by atoms with E-state index in [-0.39, 0.29) is 0 Å². The molecule has 4 heteroatoms. The van der Waals surface area contributed by atoms with Crippen LogP contribution >= 0.6 is 23.8 Å². The molecular weight excluding hydrogens is 254 g/mol. The zero-order chi connectivity index (χ0) is 12.3. The Labute approximate surface area is 110 Å². The topological polar surface area (TPSA) is 35.2 Å². The summed E-state index contributed by atoms with van der Waals surface area (Å²) in [6.45, 7) is 0. The van der Waals surface area contributed by atoms with E-state index in [0.29, 0.717) is 27.1 Å². The van der Waals surface area contributed by atoms with Gasteiger partial charge >= 0.3 is 0 Å². The summed E-state index contributed by atoms with van der Waals surface area (Å²) in [4.78, 5) is 0.308. The molecular formula is C13H10ClNOS. The highest BCUT2D eigenvalue weighted by atomic mass is 35.5. The Morgan fingerprint density at radius 2 is 1.88 bits per heavy atom. The van der Waals surface area contributed by atoms with Crippen LogP contribution in [0.4, 0.5) is 0 Å². The predicted molar refractivity (Wildman–Crippen MR) is 73.9 cm³/mol. The average molecular weight is 264 g/mol. The third kappa shape index (κ3) is 2.96. The molecule has 0 aliphatic heterocycles. The Balaban J connectivity index is 2.33. The maximum atomic E-state index is 5.88. The van der Waals surface area contributed by atoms with Crippen LogP contribution in [0, 0.1) is 0 Å². The maximum absolute atomic E-state index is 5.88. The summed E-state index contributed by atoms with van der Waals surface area (Å²) in [6.07, 6.45) is 0. The SMILES string of the molecule is NC(=S)c1ccccc1Oc1cccc(Cl)c1. The van der Waals surface area contributed by atoms with Crippen molar-refractivity contribution in [2.75, 3.05) is 0 Å². The van der Waals surface area contributed by atoms with Gasteiger partial charge in [0.25, 0.3) is 0 Å². The van der Waals surface area contributed by atoms with Crippen LogP contribution in [0.1, 0.15) is 5.56 Å². The molecule has 0 saturated carbocycles. The van der Waals surface area contributed by atoms with Crippen LogP contribution in [-0.2, 0) is 0 Å². The second kappa shape index (κ2) is 5.17. The molecule has 0 aliphatic rings. The normalized spacial score (nSPS) is 9.94. The maximum Gasteiger partial charge on any atom is 0.137 e. The van der Waals surface area contributed by atoms with E-state index >= 15 is 0 Å². The van der Waals surface area contributed by atoms with Gasteiger partial charge in [0.05, 0.1) is 5.56 Å². The first-order valence-corrected chi connectivity index (χ1v) is 5.77. The van der Waals surface area contributed by atoms with Gasteiger partial charge in [0, 0.05) is 5.02 Å². The summed E-state index contributed by atoms with van der Waals surface area (Å²) in [5.74, 6) is 1.28. The Morgan fingerprint density at radius 3 is 2.59 bits per heavy atom. The molecule has 86 valence electrons. The number of nitrogens with two attached hydrogens (primary N) is 1. The lowest BCUT2D eigenvalue weighted by molar-refractivity contribution is 0.482. The minimum atomic E-state index is 0.308. The van der Waals surface area contributed by atoms with Crippen molar-refractivity contribution in [2.24, 2.45) is 5.73 Å². The Kier molecular flexibility index (Phi) is 3.61. The molecule has 0 aromatic heterocycles. The molecule has 0 amide bonds. The van der Waals surface area contributed by atoms with E-state index in [1.807, 2.05) is 36.4 Å². The summed E-state index contributed by atoms with van der Waals surface area (Å²) in [5.41, 5.74) is 6.33. The summed E-state index contributed by atoms with van der Waals surface area (Å²) in [6, 6.07) is 14.5. The lowest BCUT2D eigenvalue weighted by Gasteiger charge is -2.10. The summed E-state index contributed by atoms with van der Waals surface area (Å²) in [7, 11) is 0. The van der Waals surface area contributed by atoms with Crippen molar-refractivity contribution >= 4 is 28.8 Å². The summed E-state index contributed by atoms with van der Waals surface area (Å²) >= 11 is 10.8. The molecule has 2 aromatic carbocycles. The van der Waals surface area contributed by atoms with Crippen LogP contribution in [0.2, 0.25) is 5.02 Å². The van der Waals surface area contributed by atoms with Gasteiger partial charge in [-0.3, -0.25) is 0 Å². The zero-order valence-corrected chi connectivity index (χ0v) is 10.5. The van der Waals surface area contributed by atoms with E-state index in [0.717, 1.165) is 0 Å². The highest BCUT2D eigenvalue weighted by Crippen LogP contribution is 2.26. The van der Waals surface area contributed by atoms with Crippen LogP contribution in [0.3, 0.4) is 0 Å². The number of thiocarbonyl (C=S) groups is 1. The van der Waals surface area contributed by atoms with Crippen LogP contribution in [0.15, 0.2) is 48.5 Å². The molecule has 2 rings (SSSR count). The van der Waals surface area contributed by atoms with Gasteiger partial charge in [-0.2, -0.15) is 0 Å². The van der Waals surface area contributed by atoms with Crippen molar-refractivity contribution < 1.29 is 4.74 Å². The Morgan fingerprint density at radius 1 is 1.12 bits per heavy atom. The molecule has 0 heterocycles. The van der Waals surface area contributed by atoms with Gasteiger partial charge < -0.3 is 10.5 Å². The van der Waals surface area contributed by atoms with E-state index in [9.17, 15) is 0 Å². The highest BCUT2D eigenvalue weighted by molar-refractivity contribution is 7.80. The molecule has 2 aromatic rings. The van der Waals surface area contributed by atoms with E-state index in [1.54, 1.807) is 12.1 Å². The highest BCUT2D eigenvalue weighted by Gasteiger charge is 2.06. The fourth-order valence-corrected chi connectivity index (χ4v) is 1.77. The van der Waals surface area contributed by atoms with Crippen molar-refractivity contribution in [3.63, 3.8) is 0 Å². The molecule has 0 radical (unpaired) electrons. The smallest absolute Gasteiger partial charge is 0.137 e. The van der Waals surface area contributed by atoms with Gasteiger partial charge in [-0.05, 0) is 30.3 Å². The zero-order valence-electron chi connectivity index (χ0n) is 8.89. The third-order valence-corrected chi connectivity index (χ3v) is 2.63. The third-order valence-electron chi connectivity index (χ3n) is 2.18. The molecule has 17 heavy (non-hydrogen) atoms. The van der Waals surface area contributed by atoms with E-state index in [1.165, 1.54) is 0 Å². The fraction of sp³-hybridized carbons (Fsp3) is 0. The van der Waals surface area contributed by atoms with Crippen molar-refractivity contribution in [1.82, 2.24) is 0 Å². The van der Waals surface area contributed by atoms with Gasteiger partial charge in [0.1, 0.15) is 16.5 Å². The monoisotopic (exact) mass is 263 g/mol. The van der Waals surface area contributed by atoms with Crippen molar-refractivity contribution in [2.45, 2.75) is 0 Å². The van der Waals surface area contributed by atoms with Gasteiger partial charge in [-0.25, -0.2) is 0 Å². The van der Waals surface area contributed by atoms with Gasteiger partial charge in [0.2, 0.25) is 0 Å². The number of para-hydroxylation sites is 1. The number of ether oxygens (including phenoxy) is 1. The number of hydrogen-bond donors (Lipinski definition) is 1. The van der Waals surface area contributed by atoms with Crippen molar-refractivity contribution in [3.05, 3.63) is 59.1 Å². The number of hydrogen-bond acceptors (Lipinski definition) is 2. The van der Waals surface area contributed by atoms with E-state index < -0.39 is 0 Å². The van der Waals surface area contributed by atoms with Crippen LogP contribution in [0.25, 0.3) is 0 Å². The van der Waals surface area contributed by atoms with Gasteiger partial charge in [-0.1, -0.05) is 42.0 Å². The minimum absolute atomic E-state index is 0.308. The van der Waals surface area contributed by atoms with Crippen LogP contribution < -0.4 is 10.5 Å². The van der Waals surface area contributed by atoms with Crippen LogP contribution in [-0.4, -0.2) is 4.99 Å². The second-order valence-electron chi connectivity index (χ2n) is 3.42. The lowest BCUT2D eigenvalue weighted by Crippen LogP contribution is -2.10. The molecule has 0 saturated heterocycles. The molecule has 0 atom stereocenters. The summed E-state index contributed by atoms with van der Waals surface area (Å²) < 4.78 is 5.70. The van der Waals surface area contributed by atoms with E-state index in [4.69, 9.17) is 34.3 Å². The first kappa shape index (κ1) is 11.9. The fourth-order valence-electron chi connectivity index (χ4n) is 1.42. The molecule has 0 unspecified atom stereocenters. The van der Waals surface area contributed by atoms with Crippen LogP contribution in [0.5, 0.6) is 11.5 Å². The number of rotatable bonds is 3. The molecule has 0 bridgehead atoms. The number of benzene rings is 2. The first-order valence-electron chi connectivity index (χ1n) is 4.99. The quantitative estimate of drug-likeness (QED) is 0.857.